The van der Waals surface area contributed by atoms with Gasteiger partial charge in [-0.25, -0.2) is 9.50 Å². The normalized spacial score (nSPS) is 15.7. The number of aryl methyl sites for hydroxylation is 1. The standard InChI is InChI=1S/C23H22F3N5/c1-15-14-21-28-22(19-4-2-3-5-20(19)31(21)29-15)27-17-10-12-30(13-11-17)18-8-6-16(7-9-18)23(24,25)26/h2-9,14,17H,10-13H2,1H3,(H,27,28). The van der Waals surface area contributed by atoms with Gasteiger partial charge in [0.1, 0.15) is 5.82 Å². The first-order valence-corrected chi connectivity index (χ1v) is 10.3. The molecule has 0 atom stereocenters. The van der Waals surface area contributed by atoms with E-state index in [4.69, 9.17) is 4.98 Å². The lowest BCUT2D eigenvalue weighted by Gasteiger charge is -2.34. The Balaban J connectivity index is 1.32. The van der Waals surface area contributed by atoms with Crippen molar-refractivity contribution in [3.63, 3.8) is 0 Å². The second-order valence-corrected chi connectivity index (χ2v) is 7.98. The highest BCUT2D eigenvalue weighted by Crippen LogP contribution is 2.31. The van der Waals surface area contributed by atoms with Gasteiger partial charge in [0, 0.05) is 36.3 Å². The van der Waals surface area contributed by atoms with E-state index in [1.807, 2.05) is 41.8 Å². The average molecular weight is 425 g/mol. The van der Waals surface area contributed by atoms with E-state index in [2.05, 4.69) is 15.3 Å². The topological polar surface area (TPSA) is 45.5 Å². The molecule has 5 nitrogen and oxygen atoms in total. The second kappa shape index (κ2) is 7.44. The summed E-state index contributed by atoms with van der Waals surface area (Å²) in [4.78, 5) is 6.93. The number of hydrogen-bond acceptors (Lipinski definition) is 4. The number of nitrogens with one attached hydrogen (secondary N) is 1. The molecule has 1 aliphatic heterocycles. The molecule has 8 heteroatoms. The maximum Gasteiger partial charge on any atom is 0.416 e. The van der Waals surface area contributed by atoms with Crippen LogP contribution in [0.4, 0.5) is 24.7 Å². The number of piperidine rings is 1. The molecule has 0 amide bonds. The van der Waals surface area contributed by atoms with E-state index in [1.165, 1.54) is 0 Å². The van der Waals surface area contributed by atoms with Crippen molar-refractivity contribution in [2.45, 2.75) is 32.0 Å². The Morgan fingerprint density at radius 2 is 1.71 bits per heavy atom. The number of anilines is 2. The molecule has 5 rings (SSSR count). The molecule has 0 aliphatic carbocycles. The number of hydrogen-bond donors (Lipinski definition) is 1. The molecule has 1 fully saturated rings. The molecular weight excluding hydrogens is 403 g/mol. The van der Waals surface area contributed by atoms with Crippen LogP contribution in [0.15, 0.2) is 54.6 Å². The highest BCUT2D eigenvalue weighted by atomic mass is 19.4. The van der Waals surface area contributed by atoms with Gasteiger partial charge in [0.15, 0.2) is 5.65 Å². The number of para-hydroxylation sites is 1. The largest absolute Gasteiger partial charge is 0.416 e. The molecular formula is C23H22F3N5. The summed E-state index contributed by atoms with van der Waals surface area (Å²) in [7, 11) is 0. The van der Waals surface area contributed by atoms with Gasteiger partial charge < -0.3 is 10.2 Å². The fraction of sp³-hybridized carbons (Fsp3) is 0.304. The number of nitrogens with zero attached hydrogens (tertiary/aromatic N) is 4. The van der Waals surface area contributed by atoms with Crippen LogP contribution in [-0.2, 0) is 6.18 Å². The number of benzene rings is 2. The molecule has 1 N–H and O–H groups in total. The van der Waals surface area contributed by atoms with Crippen molar-refractivity contribution in [2.75, 3.05) is 23.3 Å². The monoisotopic (exact) mass is 425 g/mol. The van der Waals surface area contributed by atoms with Gasteiger partial charge >= 0.3 is 6.18 Å². The predicted octanol–water partition coefficient (Wildman–Crippen LogP) is 5.29. The van der Waals surface area contributed by atoms with Crippen LogP contribution in [0.2, 0.25) is 0 Å². The Kier molecular flexibility index (Phi) is 4.72. The first-order valence-electron chi connectivity index (χ1n) is 10.3. The number of halogens is 3. The smallest absolute Gasteiger partial charge is 0.371 e. The Morgan fingerprint density at radius 3 is 2.42 bits per heavy atom. The summed E-state index contributed by atoms with van der Waals surface area (Å²) in [6.45, 7) is 3.50. The molecule has 0 radical (unpaired) electrons. The summed E-state index contributed by atoms with van der Waals surface area (Å²) >= 11 is 0. The SMILES string of the molecule is Cc1cc2nc(NC3CCN(c4ccc(C(F)(F)F)cc4)CC3)c3ccccc3n2n1. The molecule has 0 saturated carbocycles. The van der Waals surface area contributed by atoms with E-state index >= 15 is 0 Å². The third kappa shape index (κ3) is 3.78. The highest BCUT2D eigenvalue weighted by Gasteiger charge is 2.30. The maximum absolute atomic E-state index is 12.8. The first kappa shape index (κ1) is 19.7. The van der Waals surface area contributed by atoms with Crippen LogP contribution in [0.5, 0.6) is 0 Å². The van der Waals surface area contributed by atoms with Crippen LogP contribution >= 0.6 is 0 Å². The van der Waals surface area contributed by atoms with E-state index in [9.17, 15) is 13.2 Å². The minimum atomic E-state index is -4.31. The zero-order valence-electron chi connectivity index (χ0n) is 17.0. The third-order valence-corrected chi connectivity index (χ3v) is 5.82. The summed E-state index contributed by atoms with van der Waals surface area (Å²) in [5.74, 6) is 0.844. The number of fused-ring (bicyclic) bond motifs is 3. The minimum absolute atomic E-state index is 0.244. The van der Waals surface area contributed by atoms with Gasteiger partial charge in [0.2, 0.25) is 0 Å². The molecule has 31 heavy (non-hydrogen) atoms. The van der Waals surface area contributed by atoms with Gasteiger partial charge in [-0.1, -0.05) is 12.1 Å². The Labute approximate surface area is 177 Å². The lowest BCUT2D eigenvalue weighted by molar-refractivity contribution is -0.137. The van der Waals surface area contributed by atoms with E-state index in [0.29, 0.717) is 0 Å². The van der Waals surface area contributed by atoms with Gasteiger partial charge in [-0.15, -0.1) is 0 Å². The zero-order valence-corrected chi connectivity index (χ0v) is 17.0. The summed E-state index contributed by atoms with van der Waals surface area (Å²) in [5, 5.41) is 9.16. The van der Waals surface area contributed by atoms with Crippen LogP contribution < -0.4 is 10.2 Å². The fourth-order valence-corrected chi connectivity index (χ4v) is 4.22. The zero-order chi connectivity index (χ0) is 21.6. The van der Waals surface area contributed by atoms with Crippen molar-refractivity contribution in [2.24, 2.45) is 0 Å². The summed E-state index contributed by atoms with van der Waals surface area (Å²) in [5.41, 5.74) is 2.94. The minimum Gasteiger partial charge on any atom is -0.371 e. The van der Waals surface area contributed by atoms with Crippen LogP contribution in [0.3, 0.4) is 0 Å². The van der Waals surface area contributed by atoms with Gasteiger partial charge in [0.25, 0.3) is 0 Å². The fourth-order valence-electron chi connectivity index (χ4n) is 4.22. The first-order chi connectivity index (χ1) is 14.9. The molecule has 0 spiro atoms. The van der Waals surface area contributed by atoms with Gasteiger partial charge in [-0.2, -0.15) is 18.3 Å². The Bertz CT molecular complexity index is 1220. The number of alkyl halides is 3. The van der Waals surface area contributed by atoms with Gasteiger partial charge in [0.05, 0.1) is 16.8 Å². The predicted molar refractivity (Wildman–Crippen MR) is 116 cm³/mol. The molecule has 1 aliphatic rings. The van der Waals surface area contributed by atoms with Crippen molar-refractivity contribution in [3.8, 4) is 0 Å². The van der Waals surface area contributed by atoms with Crippen LogP contribution in [-0.4, -0.2) is 33.7 Å². The molecule has 160 valence electrons. The lowest BCUT2D eigenvalue weighted by Crippen LogP contribution is -2.39. The third-order valence-electron chi connectivity index (χ3n) is 5.82. The summed E-state index contributed by atoms with van der Waals surface area (Å²) in [6.07, 6.45) is -2.55. The van der Waals surface area contributed by atoms with E-state index < -0.39 is 11.7 Å². The lowest BCUT2D eigenvalue weighted by atomic mass is 10.0. The van der Waals surface area contributed by atoms with Crippen molar-refractivity contribution in [3.05, 3.63) is 65.9 Å². The molecule has 0 bridgehead atoms. The summed E-state index contributed by atoms with van der Waals surface area (Å²) < 4.78 is 40.3. The molecule has 1 saturated heterocycles. The molecule has 4 aromatic rings. The molecule has 2 aromatic heterocycles. The number of rotatable bonds is 3. The Morgan fingerprint density at radius 1 is 1.00 bits per heavy atom. The second-order valence-electron chi connectivity index (χ2n) is 7.98. The van der Waals surface area contributed by atoms with Crippen molar-refractivity contribution in [1.82, 2.24) is 14.6 Å². The van der Waals surface area contributed by atoms with Crippen molar-refractivity contribution >= 4 is 28.1 Å². The van der Waals surface area contributed by atoms with Gasteiger partial charge in [-0.05, 0) is 56.2 Å². The van der Waals surface area contributed by atoms with E-state index in [1.54, 1.807) is 12.1 Å². The van der Waals surface area contributed by atoms with E-state index in [-0.39, 0.29) is 6.04 Å². The van der Waals surface area contributed by atoms with Crippen LogP contribution in [0.25, 0.3) is 16.6 Å². The average Bonchev–Trinajstić information content (AvgIpc) is 3.14. The van der Waals surface area contributed by atoms with Crippen LogP contribution in [0, 0.1) is 6.92 Å². The van der Waals surface area contributed by atoms with Crippen molar-refractivity contribution in [1.29, 1.82) is 0 Å². The van der Waals surface area contributed by atoms with Crippen LogP contribution in [0.1, 0.15) is 24.1 Å². The summed E-state index contributed by atoms with van der Waals surface area (Å²) in [6, 6.07) is 15.7. The number of aromatic nitrogens is 3. The quantitative estimate of drug-likeness (QED) is 0.484. The van der Waals surface area contributed by atoms with E-state index in [0.717, 1.165) is 71.8 Å². The maximum atomic E-state index is 12.8. The molecule has 3 heterocycles. The molecule has 0 unspecified atom stereocenters. The Hall–Kier alpha value is -3.29. The van der Waals surface area contributed by atoms with Crippen molar-refractivity contribution < 1.29 is 13.2 Å². The van der Waals surface area contributed by atoms with Gasteiger partial charge in [-0.3, -0.25) is 0 Å². The molecule has 2 aromatic carbocycles. The highest BCUT2D eigenvalue weighted by molar-refractivity contribution is 5.91.